The summed E-state index contributed by atoms with van der Waals surface area (Å²) in [4.78, 5) is 2.40. The Balaban J connectivity index is 2.18. The van der Waals surface area contributed by atoms with Gasteiger partial charge in [-0.05, 0) is 51.0 Å². The Hall–Kier alpha value is -1.11. The second-order valence-electron chi connectivity index (χ2n) is 5.44. The van der Waals surface area contributed by atoms with E-state index < -0.39 is 10.0 Å². The molecule has 0 spiro atoms. The van der Waals surface area contributed by atoms with Crippen molar-refractivity contribution >= 4 is 15.7 Å². The third kappa shape index (κ3) is 3.31. The molecule has 5 nitrogen and oxygen atoms in total. The highest BCUT2D eigenvalue weighted by Crippen LogP contribution is 2.26. The van der Waals surface area contributed by atoms with E-state index in [9.17, 15) is 13.5 Å². The molecule has 0 saturated carbocycles. The molecule has 1 unspecified atom stereocenters. The molecule has 0 aliphatic carbocycles. The van der Waals surface area contributed by atoms with Crippen LogP contribution in [-0.4, -0.2) is 38.8 Å². The van der Waals surface area contributed by atoms with Crippen LogP contribution < -0.4 is 9.62 Å². The Morgan fingerprint density at radius 3 is 2.55 bits per heavy atom. The van der Waals surface area contributed by atoms with E-state index in [-0.39, 0.29) is 23.6 Å². The number of rotatable bonds is 5. The standard InChI is InChI=1S/C14H22N2O3S/c1-11(2)15-20(18,19)14-7-5-12(6-8-14)16-9-3-4-13(16)10-17/h5-8,11,13,15,17H,3-4,9-10H2,1-2H3. The van der Waals surface area contributed by atoms with Crippen molar-refractivity contribution in [3.8, 4) is 0 Å². The van der Waals surface area contributed by atoms with Crippen molar-refractivity contribution in [1.82, 2.24) is 4.72 Å². The predicted molar refractivity (Wildman–Crippen MR) is 79.4 cm³/mol. The molecule has 1 aliphatic rings. The second-order valence-corrected chi connectivity index (χ2v) is 7.16. The van der Waals surface area contributed by atoms with Crippen molar-refractivity contribution in [3.05, 3.63) is 24.3 Å². The summed E-state index contributed by atoms with van der Waals surface area (Å²) in [5.41, 5.74) is 0.963. The predicted octanol–water partition coefficient (Wildman–Crippen LogP) is 1.33. The molecule has 0 aromatic heterocycles. The van der Waals surface area contributed by atoms with Crippen LogP contribution in [-0.2, 0) is 10.0 Å². The van der Waals surface area contributed by atoms with Crippen LogP contribution in [0.4, 0.5) is 5.69 Å². The smallest absolute Gasteiger partial charge is 0.240 e. The Morgan fingerprint density at radius 1 is 1.35 bits per heavy atom. The molecule has 1 aromatic carbocycles. The van der Waals surface area contributed by atoms with Gasteiger partial charge in [0.05, 0.1) is 17.5 Å². The van der Waals surface area contributed by atoms with Crippen LogP contribution in [0.1, 0.15) is 26.7 Å². The number of sulfonamides is 1. The summed E-state index contributed by atoms with van der Waals surface area (Å²) >= 11 is 0. The fourth-order valence-electron chi connectivity index (χ4n) is 2.56. The van der Waals surface area contributed by atoms with Gasteiger partial charge in [0.15, 0.2) is 0 Å². The van der Waals surface area contributed by atoms with Gasteiger partial charge in [-0.2, -0.15) is 0 Å². The largest absolute Gasteiger partial charge is 0.394 e. The molecule has 1 fully saturated rings. The Labute approximate surface area is 120 Å². The molecule has 1 aromatic rings. The maximum atomic E-state index is 12.0. The Bertz CT molecular complexity index is 540. The van der Waals surface area contributed by atoms with Gasteiger partial charge >= 0.3 is 0 Å². The van der Waals surface area contributed by atoms with E-state index in [4.69, 9.17) is 0 Å². The number of aliphatic hydroxyl groups is 1. The average Bonchev–Trinajstić information content (AvgIpc) is 2.85. The summed E-state index contributed by atoms with van der Waals surface area (Å²) < 4.78 is 26.6. The molecule has 0 bridgehead atoms. The van der Waals surface area contributed by atoms with Gasteiger partial charge in [0.2, 0.25) is 10.0 Å². The van der Waals surface area contributed by atoms with E-state index in [2.05, 4.69) is 9.62 Å². The minimum absolute atomic E-state index is 0.128. The topological polar surface area (TPSA) is 69.6 Å². The van der Waals surface area contributed by atoms with Gasteiger partial charge < -0.3 is 10.0 Å². The lowest BCUT2D eigenvalue weighted by molar-refractivity contribution is 0.266. The van der Waals surface area contributed by atoms with Gasteiger partial charge in [0.1, 0.15) is 0 Å². The van der Waals surface area contributed by atoms with Crippen LogP contribution >= 0.6 is 0 Å². The molecule has 2 N–H and O–H groups in total. The van der Waals surface area contributed by atoms with E-state index in [1.54, 1.807) is 26.0 Å². The number of nitrogens with zero attached hydrogens (tertiary/aromatic N) is 1. The number of aliphatic hydroxyl groups excluding tert-OH is 1. The van der Waals surface area contributed by atoms with Gasteiger partial charge in [0, 0.05) is 18.3 Å². The van der Waals surface area contributed by atoms with Crippen molar-refractivity contribution in [2.75, 3.05) is 18.1 Å². The highest BCUT2D eigenvalue weighted by Gasteiger charge is 2.24. The average molecular weight is 298 g/mol. The quantitative estimate of drug-likeness (QED) is 0.860. The zero-order valence-corrected chi connectivity index (χ0v) is 12.7. The zero-order valence-electron chi connectivity index (χ0n) is 11.9. The van der Waals surface area contributed by atoms with Gasteiger partial charge in [-0.3, -0.25) is 0 Å². The van der Waals surface area contributed by atoms with Gasteiger partial charge in [-0.15, -0.1) is 0 Å². The van der Waals surface area contributed by atoms with E-state index in [1.807, 2.05) is 12.1 Å². The van der Waals surface area contributed by atoms with E-state index in [1.165, 1.54) is 0 Å². The highest BCUT2D eigenvalue weighted by atomic mass is 32.2. The number of nitrogens with one attached hydrogen (secondary N) is 1. The molecular formula is C14H22N2O3S. The monoisotopic (exact) mass is 298 g/mol. The molecule has 1 aliphatic heterocycles. The van der Waals surface area contributed by atoms with E-state index in [0.29, 0.717) is 0 Å². The third-order valence-corrected chi connectivity index (χ3v) is 5.13. The van der Waals surface area contributed by atoms with Gasteiger partial charge in [-0.1, -0.05) is 0 Å². The summed E-state index contributed by atoms with van der Waals surface area (Å²) in [6.07, 6.45) is 2.03. The van der Waals surface area contributed by atoms with Crippen molar-refractivity contribution in [1.29, 1.82) is 0 Å². The summed E-state index contributed by atoms with van der Waals surface area (Å²) in [7, 11) is -3.44. The third-order valence-electron chi connectivity index (χ3n) is 3.46. The number of benzene rings is 1. The molecule has 6 heteroatoms. The minimum atomic E-state index is -3.44. The molecule has 0 radical (unpaired) electrons. The molecule has 0 amide bonds. The Kier molecular flexibility index (Phi) is 4.67. The zero-order chi connectivity index (χ0) is 14.8. The normalized spacial score (nSPS) is 19.8. The molecule has 1 heterocycles. The van der Waals surface area contributed by atoms with Crippen molar-refractivity contribution in [2.24, 2.45) is 0 Å². The minimum Gasteiger partial charge on any atom is -0.394 e. The molecule has 1 saturated heterocycles. The van der Waals surface area contributed by atoms with Crippen LogP contribution in [0.5, 0.6) is 0 Å². The number of hydrogen-bond donors (Lipinski definition) is 2. The summed E-state index contributed by atoms with van der Waals surface area (Å²) in [5.74, 6) is 0. The van der Waals surface area contributed by atoms with Crippen LogP contribution in [0, 0.1) is 0 Å². The first-order chi connectivity index (χ1) is 9.44. The molecule has 1 atom stereocenters. The first-order valence-corrected chi connectivity index (χ1v) is 8.42. The lowest BCUT2D eigenvalue weighted by Crippen LogP contribution is -2.32. The molecule has 112 valence electrons. The maximum absolute atomic E-state index is 12.0. The first kappa shape index (κ1) is 15.3. The first-order valence-electron chi connectivity index (χ1n) is 6.94. The molecule has 20 heavy (non-hydrogen) atoms. The van der Waals surface area contributed by atoms with Crippen LogP contribution in [0.2, 0.25) is 0 Å². The Morgan fingerprint density at radius 2 is 2.00 bits per heavy atom. The van der Waals surface area contributed by atoms with Crippen molar-refractivity contribution in [2.45, 2.75) is 43.7 Å². The summed E-state index contributed by atoms with van der Waals surface area (Å²) in [6.45, 7) is 4.63. The van der Waals surface area contributed by atoms with E-state index in [0.717, 1.165) is 25.1 Å². The summed E-state index contributed by atoms with van der Waals surface area (Å²) in [5, 5.41) is 9.33. The van der Waals surface area contributed by atoms with Crippen LogP contribution in [0.15, 0.2) is 29.2 Å². The fraction of sp³-hybridized carbons (Fsp3) is 0.571. The molecular weight excluding hydrogens is 276 g/mol. The lowest BCUT2D eigenvalue weighted by Gasteiger charge is -2.25. The van der Waals surface area contributed by atoms with E-state index >= 15 is 0 Å². The van der Waals surface area contributed by atoms with Crippen molar-refractivity contribution < 1.29 is 13.5 Å². The molecule has 2 rings (SSSR count). The van der Waals surface area contributed by atoms with Crippen molar-refractivity contribution in [3.63, 3.8) is 0 Å². The van der Waals surface area contributed by atoms with Crippen LogP contribution in [0.3, 0.4) is 0 Å². The van der Waals surface area contributed by atoms with Gasteiger partial charge in [-0.25, -0.2) is 13.1 Å². The fourth-order valence-corrected chi connectivity index (χ4v) is 3.81. The second kappa shape index (κ2) is 6.11. The SMILES string of the molecule is CC(C)NS(=O)(=O)c1ccc(N2CCCC2CO)cc1. The van der Waals surface area contributed by atoms with Gasteiger partial charge in [0.25, 0.3) is 0 Å². The summed E-state index contributed by atoms with van der Waals surface area (Å²) in [6, 6.07) is 6.87. The highest BCUT2D eigenvalue weighted by molar-refractivity contribution is 7.89. The number of hydrogen-bond acceptors (Lipinski definition) is 4. The lowest BCUT2D eigenvalue weighted by atomic mass is 10.2. The maximum Gasteiger partial charge on any atom is 0.240 e. The number of anilines is 1. The van der Waals surface area contributed by atoms with Crippen LogP contribution in [0.25, 0.3) is 0 Å².